The molecule has 0 radical (unpaired) electrons. The zero-order valence-corrected chi connectivity index (χ0v) is 17.1. The van der Waals surface area contributed by atoms with Gasteiger partial charge in [-0.3, -0.25) is 13.9 Å². The van der Waals surface area contributed by atoms with E-state index >= 15 is 0 Å². The lowest BCUT2D eigenvalue weighted by Gasteiger charge is -2.33. The highest BCUT2D eigenvalue weighted by atomic mass is 16.2. The molecule has 0 spiro atoms. The van der Waals surface area contributed by atoms with Gasteiger partial charge in [0.2, 0.25) is 5.95 Å². The highest BCUT2D eigenvalue weighted by Crippen LogP contribution is 2.32. The molecule has 1 aliphatic rings. The third-order valence-corrected chi connectivity index (χ3v) is 5.34. The third-order valence-electron chi connectivity index (χ3n) is 5.34. The lowest BCUT2D eigenvalue weighted by atomic mass is 10.1. The normalized spacial score (nSPS) is 16.8. The molecule has 0 unspecified atom stereocenters. The first-order chi connectivity index (χ1) is 13.3. The SMILES string of the molecule is Cc1ccc(N2C[C@@H](C)Cn3c2nc2c3c(=O)n(CC(C)C)c(=O)n2C)cc1. The zero-order chi connectivity index (χ0) is 20.2. The van der Waals surface area contributed by atoms with E-state index in [4.69, 9.17) is 4.98 Å². The topological polar surface area (TPSA) is 65.1 Å². The van der Waals surface area contributed by atoms with Crippen LogP contribution in [-0.2, 0) is 20.1 Å². The van der Waals surface area contributed by atoms with E-state index in [0.29, 0.717) is 30.2 Å². The van der Waals surface area contributed by atoms with Crippen molar-refractivity contribution in [2.24, 2.45) is 18.9 Å². The van der Waals surface area contributed by atoms with Crippen molar-refractivity contribution in [3.05, 3.63) is 50.7 Å². The predicted octanol–water partition coefficient (Wildman–Crippen LogP) is 2.65. The minimum absolute atomic E-state index is 0.203. The molecule has 0 bridgehead atoms. The fraction of sp³-hybridized carbons (Fsp3) is 0.476. The number of rotatable bonds is 3. The van der Waals surface area contributed by atoms with Gasteiger partial charge in [-0.05, 0) is 30.9 Å². The van der Waals surface area contributed by atoms with Crippen LogP contribution in [0.15, 0.2) is 33.9 Å². The summed E-state index contributed by atoms with van der Waals surface area (Å²) in [5.41, 5.74) is 2.65. The summed E-state index contributed by atoms with van der Waals surface area (Å²) in [7, 11) is 1.69. The van der Waals surface area contributed by atoms with Crippen LogP contribution in [0, 0.1) is 18.8 Å². The third kappa shape index (κ3) is 2.85. The van der Waals surface area contributed by atoms with Crippen LogP contribution in [0.25, 0.3) is 11.2 Å². The van der Waals surface area contributed by atoms with E-state index in [0.717, 1.165) is 18.2 Å². The number of anilines is 2. The van der Waals surface area contributed by atoms with E-state index in [2.05, 4.69) is 43.0 Å². The van der Waals surface area contributed by atoms with Gasteiger partial charge in [-0.25, -0.2) is 4.79 Å². The second-order valence-electron chi connectivity index (χ2n) is 8.40. The van der Waals surface area contributed by atoms with Gasteiger partial charge in [-0.1, -0.05) is 38.5 Å². The fourth-order valence-electron chi connectivity index (χ4n) is 3.97. The van der Waals surface area contributed by atoms with E-state index in [9.17, 15) is 9.59 Å². The Kier molecular flexibility index (Phi) is 4.40. The summed E-state index contributed by atoms with van der Waals surface area (Å²) >= 11 is 0. The Balaban J connectivity index is 1.99. The molecule has 0 fully saturated rings. The van der Waals surface area contributed by atoms with E-state index < -0.39 is 0 Å². The number of aryl methyl sites for hydroxylation is 2. The van der Waals surface area contributed by atoms with Gasteiger partial charge in [0, 0.05) is 32.4 Å². The first-order valence-electron chi connectivity index (χ1n) is 9.82. The van der Waals surface area contributed by atoms with Crippen molar-refractivity contribution in [1.82, 2.24) is 18.7 Å². The maximum Gasteiger partial charge on any atom is 0.332 e. The van der Waals surface area contributed by atoms with Gasteiger partial charge in [0.25, 0.3) is 5.56 Å². The summed E-state index contributed by atoms with van der Waals surface area (Å²) in [5.74, 6) is 1.28. The van der Waals surface area contributed by atoms with Crippen LogP contribution < -0.4 is 16.1 Å². The predicted molar refractivity (Wildman–Crippen MR) is 111 cm³/mol. The molecule has 3 aromatic rings. The van der Waals surface area contributed by atoms with Crippen LogP contribution in [0.1, 0.15) is 26.3 Å². The Morgan fingerprint density at radius 3 is 2.46 bits per heavy atom. The highest BCUT2D eigenvalue weighted by molar-refractivity contribution is 5.77. The fourth-order valence-corrected chi connectivity index (χ4v) is 3.97. The van der Waals surface area contributed by atoms with Gasteiger partial charge >= 0.3 is 5.69 Å². The molecule has 0 amide bonds. The quantitative estimate of drug-likeness (QED) is 0.700. The second kappa shape index (κ2) is 6.65. The molecule has 148 valence electrons. The molecule has 3 heterocycles. The van der Waals surface area contributed by atoms with Gasteiger partial charge in [0.1, 0.15) is 0 Å². The maximum absolute atomic E-state index is 13.2. The molecular formula is C21H27N5O2. The van der Waals surface area contributed by atoms with Crippen LogP contribution in [0.4, 0.5) is 11.6 Å². The van der Waals surface area contributed by atoms with Crippen LogP contribution in [0.5, 0.6) is 0 Å². The Morgan fingerprint density at radius 2 is 1.82 bits per heavy atom. The Labute approximate surface area is 163 Å². The molecule has 0 saturated heterocycles. The molecule has 0 aliphatic carbocycles. The lowest BCUT2D eigenvalue weighted by Crippen LogP contribution is -2.41. The summed E-state index contributed by atoms with van der Waals surface area (Å²) in [6.45, 7) is 10.2. The first-order valence-corrected chi connectivity index (χ1v) is 9.82. The van der Waals surface area contributed by atoms with Crippen molar-refractivity contribution in [3.8, 4) is 0 Å². The molecule has 2 aromatic heterocycles. The molecule has 7 nitrogen and oxygen atoms in total. The van der Waals surface area contributed by atoms with Crippen molar-refractivity contribution in [3.63, 3.8) is 0 Å². The van der Waals surface area contributed by atoms with Crippen LogP contribution >= 0.6 is 0 Å². The summed E-state index contributed by atoms with van der Waals surface area (Å²) in [6, 6.07) is 8.31. The molecule has 7 heteroatoms. The number of aromatic nitrogens is 4. The molecular weight excluding hydrogens is 354 g/mol. The van der Waals surface area contributed by atoms with E-state index in [-0.39, 0.29) is 17.2 Å². The molecule has 1 aromatic carbocycles. The van der Waals surface area contributed by atoms with Gasteiger partial charge in [0.15, 0.2) is 11.2 Å². The van der Waals surface area contributed by atoms with Crippen molar-refractivity contribution in [2.75, 3.05) is 11.4 Å². The Morgan fingerprint density at radius 1 is 1.14 bits per heavy atom. The smallest absolute Gasteiger partial charge is 0.312 e. The molecule has 1 aliphatic heterocycles. The molecule has 1 atom stereocenters. The number of imidazole rings is 1. The number of benzene rings is 1. The second-order valence-corrected chi connectivity index (χ2v) is 8.40. The van der Waals surface area contributed by atoms with Gasteiger partial charge in [-0.2, -0.15) is 4.98 Å². The van der Waals surface area contributed by atoms with Crippen molar-refractivity contribution < 1.29 is 0 Å². The van der Waals surface area contributed by atoms with Crippen molar-refractivity contribution in [1.29, 1.82) is 0 Å². The lowest BCUT2D eigenvalue weighted by molar-refractivity contribution is 0.454. The average molecular weight is 381 g/mol. The van der Waals surface area contributed by atoms with Gasteiger partial charge in [0.05, 0.1) is 0 Å². The molecule has 0 N–H and O–H groups in total. The maximum atomic E-state index is 13.2. The standard InChI is InChI=1S/C21H27N5O2/c1-13(2)10-26-19(27)17-18(23(5)21(26)28)22-20-24(11-15(4)12-25(17)20)16-8-6-14(3)7-9-16/h6-9,13,15H,10-12H2,1-5H3/t15-/m1/s1. The largest absolute Gasteiger partial charge is 0.332 e. The monoisotopic (exact) mass is 381 g/mol. The van der Waals surface area contributed by atoms with E-state index in [1.54, 1.807) is 7.05 Å². The van der Waals surface area contributed by atoms with Crippen LogP contribution in [0.3, 0.4) is 0 Å². The first kappa shape index (κ1) is 18.5. The minimum Gasteiger partial charge on any atom is -0.312 e. The Bertz CT molecular complexity index is 1150. The number of hydrogen-bond acceptors (Lipinski definition) is 4. The summed E-state index contributed by atoms with van der Waals surface area (Å²) in [6.07, 6.45) is 0. The van der Waals surface area contributed by atoms with Crippen molar-refractivity contribution in [2.45, 2.75) is 40.8 Å². The van der Waals surface area contributed by atoms with Crippen LogP contribution in [0.2, 0.25) is 0 Å². The number of nitrogens with zero attached hydrogens (tertiary/aromatic N) is 5. The molecule has 0 saturated carbocycles. The van der Waals surface area contributed by atoms with E-state index in [1.165, 1.54) is 14.7 Å². The zero-order valence-electron chi connectivity index (χ0n) is 17.1. The van der Waals surface area contributed by atoms with E-state index in [1.807, 2.05) is 18.4 Å². The van der Waals surface area contributed by atoms with Crippen molar-refractivity contribution >= 4 is 22.8 Å². The summed E-state index contributed by atoms with van der Waals surface area (Å²) in [4.78, 5) is 32.9. The minimum atomic E-state index is -0.309. The molecule has 28 heavy (non-hydrogen) atoms. The van der Waals surface area contributed by atoms with Gasteiger partial charge < -0.3 is 9.47 Å². The number of fused-ring (bicyclic) bond motifs is 3. The summed E-state index contributed by atoms with van der Waals surface area (Å²) < 4.78 is 4.84. The number of hydrogen-bond donors (Lipinski definition) is 0. The van der Waals surface area contributed by atoms with Crippen LogP contribution in [-0.4, -0.2) is 25.2 Å². The Hall–Kier alpha value is -2.83. The molecule has 4 rings (SSSR count). The summed E-state index contributed by atoms with van der Waals surface area (Å²) in [5, 5.41) is 0. The average Bonchev–Trinajstić information content (AvgIpc) is 3.03. The highest BCUT2D eigenvalue weighted by Gasteiger charge is 2.29. The van der Waals surface area contributed by atoms with Gasteiger partial charge in [-0.15, -0.1) is 0 Å².